The van der Waals surface area contributed by atoms with Gasteiger partial charge in [-0.3, -0.25) is 10.1 Å². The lowest BCUT2D eigenvalue weighted by Gasteiger charge is -2.22. The number of aromatic nitrogens is 2. The maximum atomic E-state index is 11.9. The van der Waals surface area contributed by atoms with Crippen LogP contribution >= 0.6 is 0 Å². The molecule has 0 saturated carbocycles. The van der Waals surface area contributed by atoms with E-state index in [4.69, 9.17) is 4.74 Å². The Morgan fingerprint density at radius 1 is 1.17 bits per heavy atom. The molecule has 2 aromatic carbocycles. The highest BCUT2D eigenvalue weighted by atomic mass is 16.6. The highest BCUT2D eigenvalue weighted by Gasteiger charge is 2.22. The zero-order valence-electron chi connectivity index (χ0n) is 20.4. The van der Waals surface area contributed by atoms with Crippen LogP contribution < -0.4 is 20.3 Å². The predicted octanol–water partition coefficient (Wildman–Crippen LogP) is 4.06. The van der Waals surface area contributed by atoms with E-state index in [1.807, 2.05) is 55.1 Å². The standard InChI is InChI=1S/C24H28N8O3/c1-16-7-6-8-18(11-16)27-23-17(14-25)15-26-24(29-23)28-19-12-21(32(33)34)20(13-22(19)35-5)31(4)10-9-30(2)3/h6-8,11-13,15H,9-10H2,1-5H3,(H2,26,27,28,29). The molecule has 0 aliphatic rings. The third-order valence-electron chi connectivity index (χ3n) is 5.22. The Balaban J connectivity index is 1.96. The van der Waals surface area contributed by atoms with E-state index in [0.29, 0.717) is 29.5 Å². The fraction of sp³-hybridized carbons (Fsp3) is 0.292. The molecule has 2 N–H and O–H groups in total. The highest BCUT2D eigenvalue weighted by molar-refractivity contribution is 5.77. The van der Waals surface area contributed by atoms with Gasteiger partial charge >= 0.3 is 0 Å². The van der Waals surface area contributed by atoms with E-state index in [-0.39, 0.29) is 17.2 Å². The first-order valence-electron chi connectivity index (χ1n) is 10.8. The van der Waals surface area contributed by atoms with E-state index in [1.165, 1.54) is 19.4 Å². The summed E-state index contributed by atoms with van der Waals surface area (Å²) in [4.78, 5) is 23.9. The summed E-state index contributed by atoms with van der Waals surface area (Å²) in [5, 5.41) is 27.5. The van der Waals surface area contributed by atoms with Crippen molar-refractivity contribution in [1.29, 1.82) is 5.26 Å². The fourth-order valence-electron chi connectivity index (χ4n) is 3.35. The first kappa shape index (κ1) is 25.2. The second-order valence-corrected chi connectivity index (χ2v) is 8.21. The Hall–Kier alpha value is -4.43. The number of aryl methyl sites for hydroxylation is 1. The van der Waals surface area contributed by atoms with Gasteiger partial charge in [-0.2, -0.15) is 10.2 Å². The molecule has 0 unspecified atom stereocenters. The molecule has 0 amide bonds. The number of rotatable bonds is 10. The number of methoxy groups -OCH3 is 1. The molecular formula is C24H28N8O3. The molecule has 0 saturated heterocycles. The SMILES string of the molecule is COc1cc(N(C)CCN(C)C)c([N+](=O)[O-])cc1Nc1ncc(C#N)c(Nc2cccc(C)c2)n1. The third-order valence-corrected chi connectivity index (χ3v) is 5.22. The van der Waals surface area contributed by atoms with Gasteiger partial charge in [-0.1, -0.05) is 12.1 Å². The molecule has 0 aliphatic heterocycles. The van der Waals surface area contributed by atoms with E-state index in [2.05, 4.69) is 26.7 Å². The molecule has 0 fully saturated rings. The molecular weight excluding hydrogens is 448 g/mol. The molecule has 0 radical (unpaired) electrons. The normalized spacial score (nSPS) is 10.5. The first-order chi connectivity index (χ1) is 16.7. The largest absolute Gasteiger partial charge is 0.494 e. The van der Waals surface area contributed by atoms with Gasteiger partial charge < -0.3 is 25.2 Å². The number of ether oxygens (including phenoxy) is 1. The molecule has 0 aliphatic carbocycles. The van der Waals surface area contributed by atoms with Crippen LogP contribution in [0.5, 0.6) is 5.75 Å². The van der Waals surface area contributed by atoms with Crippen LogP contribution in [0, 0.1) is 28.4 Å². The molecule has 0 bridgehead atoms. The quantitative estimate of drug-likeness (QED) is 0.326. The van der Waals surface area contributed by atoms with Crippen LogP contribution in [0.3, 0.4) is 0 Å². The van der Waals surface area contributed by atoms with Crippen molar-refractivity contribution < 1.29 is 9.66 Å². The molecule has 1 aromatic heterocycles. The lowest BCUT2D eigenvalue weighted by molar-refractivity contribution is -0.384. The van der Waals surface area contributed by atoms with Crippen LogP contribution in [-0.4, -0.2) is 61.1 Å². The van der Waals surface area contributed by atoms with Crippen molar-refractivity contribution in [2.75, 3.05) is 56.9 Å². The Labute approximate surface area is 204 Å². The molecule has 0 spiro atoms. The molecule has 35 heavy (non-hydrogen) atoms. The number of nitrogens with zero attached hydrogens (tertiary/aromatic N) is 6. The number of likely N-dealkylation sites (N-methyl/N-ethyl adjacent to an activating group) is 2. The summed E-state index contributed by atoms with van der Waals surface area (Å²) in [7, 11) is 7.16. The van der Waals surface area contributed by atoms with Crippen molar-refractivity contribution in [2.45, 2.75) is 6.92 Å². The number of hydrogen-bond acceptors (Lipinski definition) is 10. The van der Waals surface area contributed by atoms with Crippen molar-refractivity contribution >= 4 is 34.5 Å². The summed E-state index contributed by atoms with van der Waals surface area (Å²) in [6.07, 6.45) is 1.39. The van der Waals surface area contributed by atoms with Crippen LogP contribution in [0.15, 0.2) is 42.6 Å². The highest BCUT2D eigenvalue weighted by Crippen LogP contribution is 2.39. The summed E-state index contributed by atoms with van der Waals surface area (Å²) in [5.41, 5.74) is 2.75. The van der Waals surface area contributed by atoms with Gasteiger partial charge in [0, 0.05) is 38.0 Å². The Kier molecular flexibility index (Phi) is 8.01. The zero-order valence-corrected chi connectivity index (χ0v) is 20.4. The monoisotopic (exact) mass is 476 g/mol. The minimum atomic E-state index is -0.434. The Morgan fingerprint density at radius 3 is 2.57 bits per heavy atom. The lowest BCUT2D eigenvalue weighted by atomic mass is 10.2. The summed E-state index contributed by atoms with van der Waals surface area (Å²) in [6, 6.07) is 12.7. The maximum Gasteiger partial charge on any atom is 0.294 e. The average Bonchev–Trinajstić information content (AvgIpc) is 2.82. The van der Waals surface area contributed by atoms with Gasteiger partial charge in [0.15, 0.2) is 5.82 Å². The maximum absolute atomic E-state index is 11.9. The lowest BCUT2D eigenvalue weighted by Crippen LogP contribution is -2.28. The second-order valence-electron chi connectivity index (χ2n) is 8.21. The number of nitro benzene ring substituents is 1. The minimum absolute atomic E-state index is 0.0821. The number of nitrogens with one attached hydrogen (secondary N) is 2. The van der Waals surface area contributed by atoms with Gasteiger partial charge in [0.2, 0.25) is 5.95 Å². The van der Waals surface area contributed by atoms with Gasteiger partial charge in [0.05, 0.1) is 23.9 Å². The van der Waals surface area contributed by atoms with Crippen molar-refractivity contribution in [3.05, 3.63) is 63.8 Å². The number of benzene rings is 2. The van der Waals surface area contributed by atoms with Gasteiger partial charge in [0.25, 0.3) is 5.69 Å². The van der Waals surface area contributed by atoms with E-state index in [0.717, 1.165) is 17.8 Å². The van der Waals surface area contributed by atoms with Gasteiger partial charge in [-0.15, -0.1) is 0 Å². The van der Waals surface area contributed by atoms with Crippen molar-refractivity contribution in [3.63, 3.8) is 0 Å². The van der Waals surface area contributed by atoms with E-state index in [1.54, 1.807) is 13.1 Å². The smallest absolute Gasteiger partial charge is 0.294 e. The van der Waals surface area contributed by atoms with Crippen LogP contribution in [-0.2, 0) is 0 Å². The van der Waals surface area contributed by atoms with Crippen LogP contribution in [0.1, 0.15) is 11.1 Å². The minimum Gasteiger partial charge on any atom is -0.494 e. The zero-order chi connectivity index (χ0) is 25.5. The molecule has 11 heteroatoms. The van der Waals surface area contributed by atoms with Gasteiger partial charge in [0.1, 0.15) is 23.1 Å². The number of anilines is 5. The molecule has 1 heterocycles. The average molecular weight is 477 g/mol. The number of nitro groups is 1. The van der Waals surface area contributed by atoms with E-state index >= 15 is 0 Å². The summed E-state index contributed by atoms with van der Waals surface area (Å²) >= 11 is 0. The van der Waals surface area contributed by atoms with Crippen LogP contribution in [0.4, 0.5) is 34.5 Å². The predicted molar refractivity (Wildman–Crippen MR) is 136 cm³/mol. The van der Waals surface area contributed by atoms with E-state index < -0.39 is 4.92 Å². The molecule has 11 nitrogen and oxygen atoms in total. The summed E-state index contributed by atoms with van der Waals surface area (Å²) < 4.78 is 5.51. The molecule has 182 valence electrons. The van der Waals surface area contributed by atoms with Gasteiger partial charge in [-0.05, 0) is 38.7 Å². The third kappa shape index (κ3) is 6.33. The van der Waals surface area contributed by atoms with Crippen molar-refractivity contribution in [2.24, 2.45) is 0 Å². The molecule has 0 atom stereocenters. The van der Waals surface area contributed by atoms with Crippen molar-refractivity contribution in [3.8, 4) is 11.8 Å². The van der Waals surface area contributed by atoms with Crippen molar-refractivity contribution in [1.82, 2.24) is 14.9 Å². The second kappa shape index (κ2) is 11.1. The summed E-state index contributed by atoms with van der Waals surface area (Å²) in [6.45, 7) is 3.28. The topological polar surface area (TPSA) is 132 Å². The fourth-order valence-corrected chi connectivity index (χ4v) is 3.35. The Morgan fingerprint density at radius 2 is 1.94 bits per heavy atom. The molecule has 3 aromatic rings. The number of nitriles is 1. The van der Waals surface area contributed by atoms with Crippen LogP contribution in [0.25, 0.3) is 0 Å². The van der Waals surface area contributed by atoms with Crippen LogP contribution in [0.2, 0.25) is 0 Å². The van der Waals surface area contributed by atoms with E-state index in [9.17, 15) is 15.4 Å². The first-order valence-corrected chi connectivity index (χ1v) is 10.8. The number of hydrogen-bond donors (Lipinski definition) is 2. The molecule has 3 rings (SSSR count). The Bertz CT molecular complexity index is 1260. The van der Waals surface area contributed by atoms with Gasteiger partial charge in [-0.25, -0.2) is 4.98 Å². The summed E-state index contributed by atoms with van der Waals surface area (Å²) in [5.74, 6) is 0.855.